The van der Waals surface area contributed by atoms with Crippen LogP contribution in [0.2, 0.25) is 0 Å². The average Bonchev–Trinajstić information content (AvgIpc) is 3.17. The van der Waals surface area contributed by atoms with E-state index in [1.165, 1.54) is 0 Å². The maximum Gasteiger partial charge on any atom is 0.496 e. The zero-order valence-electron chi connectivity index (χ0n) is 13.6. The summed E-state index contributed by atoms with van der Waals surface area (Å²) in [6.07, 6.45) is 2.13. The molecule has 0 spiro atoms. The molecule has 118 valence electrons. The van der Waals surface area contributed by atoms with E-state index in [4.69, 9.17) is 15.0 Å². The topological polar surface area (TPSA) is 73.6 Å². The van der Waals surface area contributed by atoms with Gasteiger partial charge in [-0.3, -0.25) is 4.79 Å². The molecule has 1 amide bonds. The summed E-state index contributed by atoms with van der Waals surface area (Å²) < 4.78 is 12.0. The highest BCUT2D eigenvalue weighted by Gasteiger charge is 2.52. The highest BCUT2D eigenvalue weighted by molar-refractivity contribution is 6.63. The summed E-state index contributed by atoms with van der Waals surface area (Å²) in [5, 5.41) is 2.96. The van der Waals surface area contributed by atoms with Crippen LogP contribution >= 0.6 is 0 Å². The predicted octanol–water partition coefficient (Wildman–Crippen LogP) is 1.46. The quantitative estimate of drug-likeness (QED) is 0.655. The van der Waals surface area contributed by atoms with Crippen molar-refractivity contribution in [3.63, 3.8) is 0 Å². The molecule has 1 aliphatic heterocycles. The first-order valence-electron chi connectivity index (χ1n) is 7.75. The Bertz CT molecular complexity index is 595. The zero-order valence-corrected chi connectivity index (χ0v) is 13.6. The molecule has 0 bridgehead atoms. The molecular formula is C16H23BN2O3. The maximum absolute atomic E-state index is 12.1. The molecule has 3 N–H and O–H groups in total. The van der Waals surface area contributed by atoms with Gasteiger partial charge < -0.3 is 20.4 Å². The van der Waals surface area contributed by atoms with Crippen LogP contribution in [0.15, 0.2) is 18.2 Å². The predicted molar refractivity (Wildman–Crippen MR) is 87.1 cm³/mol. The highest BCUT2D eigenvalue weighted by Crippen LogP contribution is 2.36. The number of carbonyl (C=O) groups is 1. The van der Waals surface area contributed by atoms with Gasteiger partial charge in [0.15, 0.2) is 0 Å². The van der Waals surface area contributed by atoms with Crippen LogP contribution in [0.5, 0.6) is 0 Å². The smallest absolute Gasteiger partial charge is 0.399 e. The minimum Gasteiger partial charge on any atom is -0.399 e. The molecule has 1 aromatic rings. The van der Waals surface area contributed by atoms with Gasteiger partial charge in [-0.2, -0.15) is 0 Å². The second-order valence-corrected chi connectivity index (χ2v) is 7.18. The first kappa shape index (κ1) is 15.4. The lowest BCUT2D eigenvalue weighted by Gasteiger charge is -2.32. The number of nitrogen functional groups attached to an aromatic ring is 1. The van der Waals surface area contributed by atoms with E-state index in [9.17, 15) is 4.79 Å². The number of nitrogens with one attached hydrogen (secondary N) is 1. The fraction of sp³-hybridized carbons (Fsp3) is 0.562. The number of nitrogens with two attached hydrogens (primary N) is 1. The summed E-state index contributed by atoms with van der Waals surface area (Å²) in [6, 6.07) is 5.61. The highest BCUT2D eigenvalue weighted by atomic mass is 16.7. The van der Waals surface area contributed by atoms with E-state index in [1.54, 1.807) is 12.1 Å². The lowest BCUT2D eigenvalue weighted by molar-refractivity contribution is 0.00578. The Hall–Kier alpha value is -1.53. The molecule has 5 nitrogen and oxygen atoms in total. The lowest BCUT2D eigenvalue weighted by atomic mass is 9.77. The van der Waals surface area contributed by atoms with Crippen molar-refractivity contribution >= 4 is 24.2 Å². The fourth-order valence-corrected chi connectivity index (χ4v) is 2.40. The summed E-state index contributed by atoms with van der Waals surface area (Å²) in [5.41, 5.74) is 7.16. The van der Waals surface area contributed by atoms with Crippen LogP contribution in [0.25, 0.3) is 0 Å². The maximum atomic E-state index is 12.1. The summed E-state index contributed by atoms with van der Waals surface area (Å²) in [4.78, 5) is 12.1. The Labute approximate surface area is 131 Å². The molecule has 1 aliphatic carbocycles. The van der Waals surface area contributed by atoms with Crippen LogP contribution in [0.3, 0.4) is 0 Å². The second kappa shape index (κ2) is 5.00. The third kappa shape index (κ3) is 2.73. The van der Waals surface area contributed by atoms with Gasteiger partial charge in [-0.25, -0.2) is 0 Å². The average molecular weight is 302 g/mol. The minimum absolute atomic E-state index is 0.0744. The molecule has 1 heterocycles. The van der Waals surface area contributed by atoms with Gasteiger partial charge in [0.25, 0.3) is 5.91 Å². The summed E-state index contributed by atoms with van der Waals surface area (Å²) in [6.45, 7) is 8.00. The van der Waals surface area contributed by atoms with E-state index in [0.29, 0.717) is 17.3 Å². The van der Waals surface area contributed by atoms with Crippen molar-refractivity contribution in [3.05, 3.63) is 23.8 Å². The molecule has 2 aliphatic rings. The van der Waals surface area contributed by atoms with Crippen LogP contribution in [-0.2, 0) is 9.31 Å². The van der Waals surface area contributed by atoms with Gasteiger partial charge in [-0.05, 0) is 52.7 Å². The molecule has 0 atom stereocenters. The molecule has 2 fully saturated rings. The molecule has 1 saturated heterocycles. The molecule has 0 aromatic heterocycles. The van der Waals surface area contributed by atoms with Crippen molar-refractivity contribution in [2.45, 2.75) is 57.8 Å². The van der Waals surface area contributed by atoms with E-state index >= 15 is 0 Å². The number of hydrogen-bond acceptors (Lipinski definition) is 4. The molecule has 6 heteroatoms. The van der Waals surface area contributed by atoms with Gasteiger partial charge in [-0.15, -0.1) is 0 Å². The number of carbonyl (C=O) groups excluding carboxylic acids is 1. The summed E-state index contributed by atoms with van der Waals surface area (Å²) >= 11 is 0. The van der Waals surface area contributed by atoms with Crippen LogP contribution < -0.4 is 16.5 Å². The third-order valence-corrected chi connectivity index (χ3v) is 4.77. The van der Waals surface area contributed by atoms with E-state index < -0.39 is 18.3 Å². The monoisotopic (exact) mass is 302 g/mol. The van der Waals surface area contributed by atoms with Crippen LogP contribution in [-0.4, -0.2) is 30.3 Å². The van der Waals surface area contributed by atoms with E-state index in [0.717, 1.165) is 18.3 Å². The largest absolute Gasteiger partial charge is 0.496 e. The molecule has 22 heavy (non-hydrogen) atoms. The molecule has 3 rings (SSSR count). The van der Waals surface area contributed by atoms with E-state index in [-0.39, 0.29) is 5.91 Å². The Morgan fingerprint density at radius 3 is 2.32 bits per heavy atom. The Morgan fingerprint density at radius 2 is 1.82 bits per heavy atom. The number of anilines is 1. The standard InChI is InChI=1S/C16H23BN2O3/c1-15(2)16(3,4)22-17(21-15)12-8-5-10(9-13(12)18)14(20)19-11-6-7-11/h5,8-9,11H,6-7,18H2,1-4H3,(H,19,20). The van der Waals surface area contributed by atoms with Crippen molar-refractivity contribution in [1.29, 1.82) is 0 Å². The van der Waals surface area contributed by atoms with Crippen molar-refractivity contribution < 1.29 is 14.1 Å². The molecular weight excluding hydrogens is 279 g/mol. The Morgan fingerprint density at radius 1 is 1.23 bits per heavy atom. The van der Waals surface area contributed by atoms with Gasteiger partial charge >= 0.3 is 7.12 Å². The molecule has 1 saturated carbocycles. The second-order valence-electron chi connectivity index (χ2n) is 7.18. The SMILES string of the molecule is CC1(C)OB(c2ccc(C(=O)NC3CC3)cc2N)OC1(C)C. The van der Waals surface area contributed by atoms with Gasteiger partial charge in [0.2, 0.25) is 0 Å². The van der Waals surface area contributed by atoms with E-state index in [2.05, 4.69) is 5.32 Å². The first-order chi connectivity index (χ1) is 10.2. The number of benzene rings is 1. The van der Waals surface area contributed by atoms with Gasteiger partial charge in [0.05, 0.1) is 11.2 Å². The Balaban J connectivity index is 1.79. The summed E-state index contributed by atoms with van der Waals surface area (Å²) in [7, 11) is -0.509. The molecule has 0 radical (unpaired) electrons. The summed E-state index contributed by atoms with van der Waals surface area (Å²) in [5.74, 6) is -0.0744. The fourth-order valence-electron chi connectivity index (χ4n) is 2.40. The normalized spacial score (nSPS) is 22.6. The number of hydrogen-bond donors (Lipinski definition) is 2. The van der Waals surface area contributed by atoms with Crippen LogP contribution in [0, 0.1) is 0 Å². The zero-order chi connectivity index (χ0) is 16.1. The van der Waals surface area contributed by atoms with Gasteiger partial charge in [-0.1, -0.05) is 6.07 Å². The number of amides is 1. The van der Waals surface area contributed by atoms with Gasteiger partial charge in [0.1, 0.15) is 0 Å². The van der Waals surface area contributed by atoms with Crippen molar-refractivity contribution in [1.82, 2.24) is 5.32 Å². The van der Waals surface area contributed by atoms with E-state index in [1.807, 2.05) is 33.8 Å². The first-order valence-corrected chi connectivity index (χ1v) is 7.75. The minimum atomic E-state index is -0.509. The number of rotatable bonds is 3. The van der Waals surface area contributed by atoms with Crippen molar-refractivity contribution in [2.24, 2.45) is 0 Å². The van der Waals surface area contributed by atoms with Crippen LogP contribution in [0.1, 0.15) is 50.9 Å². The van der Waals surface area contributed by atoms with Gasteiger partial charge in [0, 0.05) is 22.8 Å². The molecule has 1 aromatic carbocycles. The van der Waals surface area contributed by atoms with Crippen LogP contribution in [0.4, 0.5) is 5.69 Å². The van der Waals surface area contributed by atoms with Crippen molar-refractivity contribution in [2.75, 3.05) is 5.73 Å². The lowest BCUT2D eigenvalue weighted by Crippen LogP contribution is -2.41. The third-order valence-electron chi connectivity index (χ3n) is 4.77. The molecule has 0 unspecified atom stereocenters. The Kier molecular flexibility index (Phi) is 3.49. The van der Waals surface area contributed by atoms with Crippen molar-refractivity contribution in [3.8, 4) is 0 Å².